The van der Waals surface area contributed by atoms with Crippen LogP contribution in [0.3, 0.4) is 0 Å². The highest BCUT2D eigenvalue weighted by atomic mass is 35.5. The van der Waals surface area contributed by atoms with Crippen LogP contribution in [0.15, 0.2) is 48.8 Å². The standard InChI is InChI=1S/C15H15ClN4O/c16-12-3-1-4-13(14(12)20-8-2-7-18-20)19-15(21)10-5-6-11(17)9-10/h1-8,10-11H,9,17H2,(H,19,21). The van der Waals surface area contributed by atoms with Gasteiger partial charge in [-0.25, -0.2) is 4.68 Å². The van der Waals surface area contributed by atoms with Crippen molar-refractivity contribution in [1.82, 2.24) is 9.78 Å². The molecule has 0 bridgehead atoms. The molecule has 2 atom stereocenters. The Morgan fingerprint density at radius 1 is 1.38 bits per heavy atom. The number of nitrogens with two attached hydrogens (primary N) is 1. The number of carbonyl (C=O) groups excluding carboxylic acids is 1. The van der Waals surface area contributed by atoms with Crippen molar-refractivity contribution < 1.29 is 4.79 Å². The largest absolute Gasteiger partial charge is 0.324 e. The van der Waals surface area contributed by atoms with Gasteiger partial charge in [0.25, 0.3) is 0 Å². The number of halogens is 1. The molecule has 0 radical (unpaired) electrons. The van der Waals surface area contributed by atoms with E-state index in [4.69, 9.17) is 17.3 Å². The molecule has 1 aliphatic carbocycles. The highest BCUT2D eigenvalue weighted by molar-refractivity contribution is 6.33. The summed E-state index contributed by atoms with van der Waals surface area (Å²) in [6, 6.07) is 7.11. The maximum Gasteiger partial charge on any atom is 0.231 e. The van der Waals surface area contributed by atoms with E-state index in [0.29, 0.717) is 22.8 Å². The van der Waals surface area contributed by atoms with Crippen molar-refractivity contribution in [2.45, 2.75) is 12.5 Å². The van der Waals surface area contributed by atoms with Gasteiger partial charge in [-0.05, 0) is 24.6 Å². The highest BCUT2D eigenvalue weighted by Crippen LogP contribution is 2.29. The van der Waals surface area contributed by atoms with Crippen molar-refractivity contribution in [3.8, 4) is 5.69 Å². The van der Waals surface area contributed by atoms with Gasteiger partial charge >= 0.3 is 0 Å². The van der Waals surface area contributed by atoms with Gasteiger partial charge in [-0.15, -0.1) is 0 Å². The molecular weight excluding hydrogens is 288 g/mol. The first-order valence-corrected chi connectivity index (χ1v) is 7.06. The summed E-state index contributed by atoms with van der Waals surface area (Å²) >= 11 is 6.24. The van der Waals surface area contributed by atoms with Gasteiger partial charge in [0.15, 0.2) is 0 Å². The number of benzene rings is 1. The second-order valence-corrected chi connectivity index (χ2v) is 5.37. The van der Waals surface area contributed by atoms with Gasteiger partial charge in [0.05, 0.1) is 16.6 Å². The molecule has 0 spiro atoms. The van der Waals surface area contributed by atoms with Crippen LogP contribution in [0, 0.1) is 5.92 Å². The first-order valence-electron chi connectivity index (χ1n) is 6.68. The molecule has 3 N–H and O–H groups in total. The lowest BCUT2D eigenvalue weighted by Crippen LogP contribution is -2.24. The number of amides is 1. The predicted molar refractivity (Wildman–Crippen MR) is 82.4 cm³/mol. The van der Waals surface area contributed by atoms with E-state index in [-0.39, 0.29) is 17.9 Å². The molecule has 0 fully saturated rings. The van der Waals surface area contributed by atoms with Gasteiger partial charge in [-0.1, -0.05) is 29.8 Å². The third-order valence-corrected chi connectivity index (χ3v) is 3.74. The Morgan fingerprint density at radius 3 is 2.90 bits per heavy atom. The molecule has 21 heavy (non-hydrogen) atoms. The maximum atomic E-state index is 12.3. The van der Waals surface area contributed by atoms with Crippen molar-refractivity contribution in [2.75, 3.05) is 5.32 Å². The molecule has 3 rings (SSSR count). The number of aromatic nitrogens is 2. The Hall–Kier alpha value is -2.11. The summed E-state index contributed by atoms with van der Waals surface area (Å²) in [5.74, 6) is -0.292. The second-order valence-electron chi connectivity index (χ2n) is 4.97. The number of rotatable bonds is 3. The summed E-state index contributed by atoms with van der Waals surface area (Å²) in [5.41, 5.74) is 7.07. The van der Waals surface area contributed by atoms with Crippen LogP contribution in [0.2, 0.25) is 5.02 Å². The van der Waals surface area contributed by atoms with Crippen LogP contribution in [-0.4, -0.2) is 21.7 Å². The number of carbonyl (C=O) groups is 1. The first-order chi connectivity index (χ1) is 10.1. The summed E-state index contributed by atoms with van der Waals surface area (Å²) in [6.07, 6.45) is 7.77. The summed E-state index contributed by atoms with van der Waals surface area (Å²) in [6.45, 7) is 0. The normalized spacial score (nSPS) is 20.7. The fourth-order valence-electron chi connectivity index (χ4n) is 2.40. The molecule has 0 saturated carbocycles. The predicted octanol–water partition coefficient (Wildman–Crippen LogP) is 2.37. The number of anilines is 1. The second kappa shape index (κ2) is 5.71. The van der Waals surface area contributed by atoms with E-state index >= 15 is 0 Å². The minimum Gasteiger partial charge on any atom is -0.324 e. The molecule has 2 aromatic rings. The average molecular weight is 303 g/mol. The summed E-state index contributed by atoms with van der Waals surface area (Å²) < 4.78 is 1.63. The molecular formula is C15H15ClN4O. The number of nitrogens with one attached hydrogen (secondary N) is 1. The molecule has 1 amide bonds. The fraction of sp³-hybridized carbons (Fsp3) is 0.200. The van der Waals surface area contributed by atoms with Crippen LogP contribution < -0.4 is 11.1 Å². The lowest BCUT2D eigenvalue weighted by molar-refractivity contribution is -0.118. The Bertz CT molecular complexity index is 681. The zero-order valence-electron chi connectivity index (χ0n) is 11.2. The number of hydrogen-bond donors (Lipinski definition) is 2. The van der Waals surface area contributed by atoms with Crippen molar-refractivity contribution in [3.63, 3.8) is 0 Å². The fourth-order valence-corrected chi connectivity index (χ4v) is 2.66. The Labute approximate surface area is 127 Å². The average Bonchev–Trinajstić information content (AvgIpc) is 3.10. The van der Waals surface area contributed by atoms with Gasteiger partial charge in [0.1, 0.15) is 5.69 Å². The van der Waals surface area contributed by atoms with Gasteiger partial charge in [-0.3, -0.25) is 4.79 Å². The lowest BCUT2D eigenvalue weighted by Gasteiger charge is -2.15. The Balaban J connectivity index is 1.88. The van der Waals surface area contributed by atoms with Crippen molar-refractivity contribution in [3.05, 3.63) is 53.8 Å². The highest BCUT2D eigenvalue weighted by Gasteiger charge is 2.23. The van der Waals surface area contributed by atoms with E-state index in [1.54, 1.807) is 41.3 Å². The van der Waals surface area contributed by atoms with Gasteiger partial charge in [0.2, 0.25) is 5.91 Å². The first kappa shape index (κ1) is 13.9. The lowest BCUT2D eigenvalue weighted by atomic mass is 10.1. The van der Waals surface area contributed by atoms with Crippen LogP contribution >= 0.6 is 11.6 Å². The van der Waals surface area contributed by atoms with E-state index in [9.17, 15) is 4.79 Å². The molecule has 1 aromatic heterocycles. The van der Waals surface area contributed by atoms with Gasteiger partial charge in [-0.2, -0.15) is 5.10 Å². The SMILES string of the molecule is NC1C=CC(C(=O)Nc2cccc(Cl)c2-n2cccn2)C1. The zero-order valence-corrected chi connectivity index (χ0v) is 12.0. The molecule has 5 nitrogen and oxygen atoms in total. The third kappa shape index (κ3) is 2.84. The molecule has 1 aliphatic rings. The van der Waals surface area contributed by atoms with Crippen molar-refractivity contribution in [1.29, 1.82) is 0 Å². The molecule has 108 valence electrons. The van der Waals surface area contributed by atoms with E-state index in [1.807, 2.05) is 12.2 Å². The van der Waals surface area contributed by atoms with E-state index in [0.717, 1.165) is 0 Å². The smallest absolute Gasteiger partial charge is 0.231 e. The monoisotopic (exact) mass is 302 g/mol. The number of nitrogens with zero attached hydrogens (tertiary/aromatic N) is 2. The maximum absolute atomic E-state index is 12.3. The molecule has 1 aromatic carbocycles. The zero-order chi connectivity index (χ0) is 14.8. The van der Waals surface area contributed by atoms with E-state index in [1.165, 1.54) is 0 Å². The van der Waals surface area contributed by atoms with E-state index < -0.39 is 0 Å². The van der Waals surface area contributed by atoms with Crippen LogP contribution in [0.25, 0.3) is 5.69 Å². The van der Waals surface area contributed by atoms with Crippen LogP contribution in [-0.2, 0) is 4.79 Å². The molecule has 0 aliphatic heterocycles. The summed E-state index contributed by atoms with van der Waals surface area (Å²) in [7, 11) is 0. The topological polar surface area (TPSA) is 72.9 Å². The van der Waals surface area contributed by atoms with E-state index in [2.05, 4.69) is 10.4 Å². The molecule has 6 heteroatoms. The Morgan fingerprint density at radius 2 is 2.24 bits per heavy atom. The minimum atomic E-state index is -0.204. The third-order valence-electron chi connectivity index (χ3n) is 3.43. The summed E-state index contributed by atoms with van der Waals surface area (Å²) in [5, 5.41) is 7.61. The van der Waals surface area contributed by atoms with Crippen LogP contribution in [0.4, 0.5) is 5.69 Å². The van der Waals surface area contributed by atoms with Crippen molar-refractivity contribution >= 4 is 23.2 Å². The molecule has 0 saturated heterocycles. The molecule has 2 unspecified atom stereocenters. The minimum absolute atomic E-state index is 0.0503. The van der Waals surface area contributed by atoms with Gasteiger partial charge in [0, 0.05) is 18.4 Å². The van der Waals surface area contributed by atoms with Crippen molar-refractivity contribution in [2.24, 2.45) is 11.7 Å². The Kier molecular flexibility index (Phi) is 3.77. The number of para-hydroxylation sites is 1. The summed E-state index contributed by atoms with van der Waals surface area (Å²) in [4.78, 5) is 12.3. The quantitative estimate of drug-likeness (QED) is 0.855. The van der Waals surface area contributed by atoms with Crippen LogP contribution in [0.1, 0.15) is 6.42 Å². The van der Waals surface area contributed by atoms with Crippen LogP contribution in [0.5, 0.6) is 0 Å². The molecule has 1 heterocycles. The number of hydrogen-bond acceptors (Lipinski definition) is 3. The van der Waals surface area contributed by atoms with Gasteiger partial charge < -0.3 is 11.1 Å².